The summed E-state index contributed by atoms with van der Waals surface area (Å²) in [6, 6.07) is 14.5. The van der Waals surface area contributed by atoms with Crippen LogP contribution in [-0.4, -0.2) is 93.5 Å². The first-order valence-corrected chi connectivity index (χ1v) is 17.2. The van der Waals surface area contributed by atoms with E-state index in [1.165, 1.54) is 22.5 Å². The molecule has 1 aromatic heterocycles. The van der Waals surface area contributed by atoms with Gasteiger partial charge < -0.3 is 25.6 Å². The van der Waals surface area contributed by atoms with Crippen LogP contribution < -0.4 is 15.8 Å². The molecule has 4 N–H and O–H groups in total. The lowest BCUT2D eigenvalue weighted by atomic mass is 9.88. The Hall–Kier alpha value is -3.14. The van der Waals surface area contributed by atoms with Crippen molar-refractivity contribution in [2.24, 2.45) is 5.73 Å². The van der Waals surface area contributed by atoms with Crippen LogP contribution in [0, 0.1) is 0 Å². The molecule has 1 amide bonds. The summed E-state index contributed by atoms with van der Waals surface area (Å²) in [5, 5.41) is 14.5. The number of aromatic nitrogens is 1. The number of nitrogens with two attached hydrogens (primary N) is 1. The summed E-state index contributed by atoms with van der Waals surface area (Å²) in [4.78, 5) is 15.5. The lowest BCUT2D eigenvalue weighted by Gasteiger charge is -2.38. The van der Waals surface area contributed by atoms with Crippen molar-refractivity contribution in [1.82, 2.24) is 14.6 Å². The number of ether oxygens (including phenoxy) is 2. The SMILES string of the molecule is NC(=O)CCS(=O)(=O)c1cccc(OCC(O)CNC2COC3(CCN(S(=O)(=O)c4ccc5ncccc5c4)CC3)C2)c1. The second-order valence-electron chi connectivity index (χ2n) is 11.0. The van der Waals surface area contributed by atoms with Gasteiger partial charge in [-0.1, -0.05) is 12.1 Å². The molecule has 0 bridgehead atoms. The number of sulfonamides is 1. The number of aliphatic hydroxyl groups excluding tert-OH is 1. The number of nitrogens with one attached hydrogen (secondary N) is 1. The van der Waals surface area contributed by atoms with Gasteiger partial charge in [0.05, 0.1) is 33.3 Å². The van der Waals surface area contributed by atoms with Gasteiger partial charge in [-0.05, 0) is 61.7 Å². The number of benzene rings is 2. The van der Waals surface area contributed by atoms with Crippen molar-refractivity contribution in [3.8, 4) is 5.75 Å². The number of pyridine rings is 1. The number of nitrogens with zero attached hydrogens (tertiary/aromatic N) is 2. The summed E-state index contributed by atoms with van der Waals surface area (Å²) in [5.74, 6) is -0.803. The smallest absolute Gasteiger partial charge is 0.243 e. The Bertz CT molecular complexity index is 1670. The van der Waals surface area contributed by atoms with Gasteiger partial charge in [0.2, 0.25) is 15.9 Å². The van der Waals surface area contributed by atoms with Crippen LogP contribution >= 0.6 is 0 Å². The minimum absolute atomic E-state index is 0.00970. The molecule has 2 aliphatic heterocycles. The van der Waals surface area contributed by atoms with E-state index in [0.29, 0.717) is 39.0 Å². The number of piperidine rings is 1. The monoisotopic (exact) mass is 632 g/mol. The van der Waals surface area contributed by atoms with E-state index in [2.05, 4.69) is 10.3 Å². The average Bonchev–Trinajstić information content (AvgIpc) is 3.40. The summed E-state index contributed by atoms with van der Waals surface area (Å²) in [6.07, 6.45) is 2.38. The van der Waals surface area contributed by atoms with Crippen LogP contribution in [0.1, 0.15) is 25.7 Å². The first-order chi connectivity index (χ1) is 20.5. The number of sulfone groups is 1. The lowest BCUT2D eigenvalue weighted by molar-refractivity contribution is -0.117. The highest BCUT2D eigenvalue weighted by Crippen LogP contribution is 2.37. The number of aliphatic hydroxyl groups is 1. The van der Waals surface area contributed by atoms with Crippen LogP contribution in [0.4, 0.5) is 0 Å². The van der Waals surface area contributed by atoms with Crippen molar-refractivity contribution in [1.29, 1.82) is 0 Å². The van der Waals surface area contributed by atoms with Crippen LogP contribution in [0.5, 0.6) is 5.75 Å². The number of primary amides is 1. The van der Waals surface area contributed by atoms with Crippen LogP contribution in [0.2, 0.25) is 0 Å². The Balaban J connectivity index is 1.08. The first kappa shape index (κ1) is 31.3. The van der Waals surface area contributed by atoms with Gasteiger partial charge in [-0.25, -0.2) is 16.8 Å². The number of rotatable bonds is 12. The molecule has 5 rings (SSSR count). The van der Waals surface area contributed by atoms with Crippen LogP contribution in [0.15, 0.2) is 70.6 Å². The third-order valence-corrected chi connectivity index (χ3v) is 11.5. The lowest BCUT2D eigenvalue weighted by Crippen LogP contribution is -2.47. The van der Waals surface area contributed by atoms with Crippen LogP contribution in [0.25, 0.3) is 10.9 Å². The number of carbonyl (C=O) groups excluding carboxylic acids is 1. The quantitative estimate of drug-likeness (QED) is 0.263. The second kappa shape index (κ2) is 12.8. The molecular weight excluding hydrogens is 596 g/mol. The van der Waals surface area contributed by atoms with Crippen molar-refractivity contribution in [3.63, 3.8) is 0 Å². The molecule has 2 atom stereocenters. The highest BCUT2D eigenvalue weighted by molar-refractivity contribution is 7.91. The van der Waals surface area contributed by atoms with E-state index in [1.54, 1.807) is 36.5 Å². The molecule has 0 saturated carbocycles. The van der Waals surface area contributed by atoms with Gasteiger partial charge in [0.15, 0.2) is 9.84 Å². The maximum Gasteiger partial charge on any atom is 0.243 e. The van der Waals surface area contributed by atoms with E-state index < -0.39 is 37.5 Å². The highest BCUT2D eigenvalue weighted by atomic mass is 32.2. The van der Waals surface area contributed by atoms with Crippen molar-refractivity contribution >= 4 is 36.7 Å². The molecule has 43 heavy (non-hydrogen) atoms. The molecule has 14 heteroatoms. The third-order valence-electron chi connectivity index (χ3n) is 7.92. The molecule has 2 aromatic carbocycles. The number of carbonyl (C=O) groups is 1. The fourth-order valence-corrected chi connectivity index (χ4v) is 8.25. The Morgan fingerprint density at radius 2 is 1.91 bits per heavy atom. The molecular formula is C29H36N4O8S2. The summed E-state index contributed by atoms with van der Waals surface area (Å²) in [7, 11) is -7.34. The Kier molecular flexibility index (Phi) is 9.34. The van der Waals surface area contributed by atoms with E-state index in [1.807, 2.05) is 6.07 Å². The van der Waals surface area contributed by atoms with Gasteiger partial charge >= 0.3 is 0 Å². The maximum absolute atomic E-state index is 13.3. The fraction of sp³-hybridized carbons (Fsp3) is 0.448. The van der Waals surface area contributed by atoms with Crippen LogP contribution in [0.3, 0.4) is 0 Å². The van der Waals surface area contributed by atoms with Crippen molar-refractivity contribution in [3.05, 3.63) is 60.8 Å². The molecule has 0 aliphatic carbocycles. The second-order valence-corrected chi connectivity index (χ2v) is 15.1. The summed E-state index contributed by atoms with van der Waals surface area (Å²) < 4.78 is 64.8. The zero-order valence-electron chi connectivity index (χ0n) is 23.6. The Morgan fingerprint density at radius 1 is 1.12 bits per heavy atom. The zero-order valence-corrected chi connectivity index (χ0v) is 25.2. The summed E-state index contributed by atoms with van der Waals surface area (Å²) in [6.45, 7) is 1.33. The zero-order chi connectivity index (χ0) is 30.7. The molecule has 232 valence electrons. The van der Waals surface area contributed by atoms with E-state index in [4.69, 9.17) is 15.2 Å². The number of hydrogen-bond acceptors (Lipinski definition) is 10. The molecule has 12 nitrogen and oxygen atoms in total. The van der Waals surface area contributed by atoms with E-state index in [9.17, 15) is 26.7 Å². The van der Waals surface area contributed by atoms with Crippen molar-refractivity contribution < 1.29 is 36.2 Å². The van der Waals surface area contributed by atoms with E-state index >= 15 is 0 Å². The fourth-order valence-electron chi connectivity index (χ4n) is 5.49. The number of fused-ring (bicyclic) bond motifs is 1. The Labute approximate surface area is 251 Å². The standard InChI is InChI=1S/C29H36N4O8S2/c30-28(35)8-14-42(36,37)25-5-1-4-24(16-25)40-20-23(34)18-32-22-17-29(41-19-22)9-12-33(13-10-29)43(38,39)26-6-7-27-21(15-26)3-2-11-31-27/h1-7,11,15-16,22-23,32,34H,8-10,12-14,17-20H2,(H2,30,35). The predicted octanol–water partition coefficient (Wildman–Crippen LogP) is 1.23. The minimum atomic E-state index is -3.69. The van der Waals surface area contributed by atoms with Gasteiger partial charge in [0, 0.05) is 43.7 Å². The number of amides is 1. The average molecular weight is 633 g/mol. The van der Waals surface area contributed by atoms with Crippen molar-refractivity contribution in [2.75, 3.05) is 38.6 Å². The molecule has 0 radical (unpaired) electrons. The number of hydrogen-bond donors (Lipinski definition) is 3. The van der Waals surface area contributed by atoms with Gasteiger partial charge in [-0.2, -0.15) is 4.31 Å². The molecule has 2 unspecified atom stereocenters. The molecule has 3 heterocycles. The molecule has 2 saturated heterocycles. The molecule has 3 aromatic rings. The predicted molar refractivity (Wildman–Crippen MR) is 159 cm³/mol. The van der Waals surface area contributed by atoms with E-state index in [-0.39, 0.29) is 46.9 Å². The largest absolute Gasteiger partial charge is 0.491 e. The molecule has 2 aliphatic rings. The van der Waals surface area contributed by atoms with Crippen LogP contribution in [-0.2, 0) is 29.4 Å². The topological polar surface area (TPSA) is 178 Å². The van der Waals surface area contributed by atoms with Gasteiger partial charge in [0.25, 0.3) is 0 Å². The van der Waals surface area contributed by atoms with E-state index in [0.717, 1.165) is 10.9 Å². The Morgan fingerprint density at radius 3 is 2.67 bits per heavy atom. The normalized spacial score (nSPS) is 19.9. The highest BCUT2D eigenvalue weighted by Gasteiger charge is 2.44. The summed E-state index contributed by atoms with van der Waals surface area (Å²) in [5.41, 5.74) is 5.39. The molecule has 1 spiro atoms. The minimum Gasteiger partial charge on any atom is -0.491 e. The molecule has 2 fully saturated rings. The van der Waals surface area contributed by atoms with Gasteiger partial charge in [-0.15, -0.1) is 0 Å². The van der Waals surface area contributed by atoms with Gasteiger partial charge in [0.1, 0.15) is 18.5 Å². The van der Waals surface area contributed by atoms with Gasteiger partial charge in [-0.3, -0.25) is 9.78 Å². The maximum atomic E-state index is 13.3. The third kappa shape index (κ3) is 7.51. The summed E-state index contributed by atoms with van der Waals surface area (Å²) >= 11 is 0. The van der Waals surface area contributed by atoms with Crippen molar-refractivity contribution in [2.45, 2.75) is 53.2 Å². The first-order valence-electron chi connectivity index (χ1n) is 14.1.